The zero-order chi connectivity index (χ0) is 18.4. The van der Waals surface area contributed by atoms with Gasteiger partial charge in [-0.1, -0.05) is 6.92 Å². The summed E-state index contributed by atoms with van der Waals surface area (Å²) in [6.45, 7) is 1.98. The van der Waals surface area contributed by atoms with Crippen LogP contribution in [0.4, 0.5) is 17.1 Å². The lowest BCUT2D eigenvalue weighted by molar-refractivity contribution is 0.598. The average Bonchev–Trinajstić information content (AvgIpc) is 2.94. The highest BCUT2D eigenvalue weighted by molar-refractivity contribution is 7.90. The van der Waals surface area contributed by atoms with Gasteiger partial charge in [0.15, 0.2) is 14.9 Å². The van der Waals surface area contributed by atoms with Gasteiger partial charge in [-0.3, -0.25) is 0 Å². The first kappa shape index (κ1) is 17.2. The number of nitrogens with two attached hydrogens (primary N) is 1. The van der Waals surface area contributed by atoms with Crippen molar-refractivity contribution in [2.45, 2.75) is 18.4 Å². The van der Waals surface area contributed by atoms with Crippen molar-refractivity contribution < 1.29 is 8.42 Å². The fourth-order valence-corrected chi connectivity index (χ4v) is 3.43. The molecule has 7 nitrogen and oxygen atoms in total. The van der Waals surface area contributed by atoms with Gasteiger partial charge in [-0.15, -0.1) is 0 Å². The van der Waals surface area contributed by atoms with Crippen LogP contribution in [0.15, 0.2) is 35.7 Å². The second-order valence-electron chi connectivity index (χ2n) is 6.09. The summed E-state index contributed by atoms with van der Waals surface area (Å²) in [7, 11) is 0.488. The number of hydrogen-bond acceptors (Lipinski definition) is 6. The van der Waals surface area contributed by atoms with Gasteiger partial charge in [0.25, 0.3) is 0 Å². The molecule has 0 aliphatic carbocycles. The van der Waals surface area contributed by atoms with Gasteiger partial charge >= 0.3 is 0 Å². The topological polar surface area (TPSA) is 94.1 Å². The molecule has 0 radical (unpaired) electrons. The minimum absolute atomic E-state index is 0.0862. The lowest BCUT2D eigenvalue weighted by Crippen LogP contribution is -2.14. The summed E-state index contributed by atoms with van der Waals surface area (Å²) in [6.07, 6.45) is 5.17. The fourth-order valence-electron chi connectivity index (χ4n) is 2.83. The van der Waals surface area contributed by atoms with Crippen molar-refractivity contribution in [2.75, 3.05) is 23.9 Å². The van der Waals surface area contributed by atoms with Crippen LogP contribution in [0.2, 0.25) is 0 Å². The molecule has 0 aliphatic rings. The van der Waals surface area contributed by atoms with E-state index < -0.39 is 9.84 Å². The average molecular weight is 359 g/mol. The quantitative estimate of drug-likeness (QED) is 0.718. The van der Waals surface area contributed by atoms with Crippen molar-refractivity contribution in [3.63, 3.8) is 0 Å². The zero-order valence-electron chi connectivity index (χ0n) is 14.7. The maximum atomic E-state index is 11.7. The highest BCUT2D eigenvalue weighted by Gasteiger charge is 2.16. The lowest BCUT2D eigenvalue weighted by atomic mass is 10.1. The molecule has 0 saturated carbocycles. The number of pyridine rings is 1. The van der Waals surface area contributed by atoms with E-state index in [9.17, 15) is 8.42 Å². The van der Waals surface area contributed by atoms with Crippen LogP contribution in [0.5, 0.6) is 0 Å². The number of hydrogen-bond donors (Lipinski definition) is 1. The summed E-state index contributed by atoms with van der Waals surface area (Å²) in [6, 6.07) is 5.50. The minimum atomic E-state index is -3.34. The molecule has 1 aromatic carbocycles. The number of aromatic nitrogens is 3. The van der Waals surface area contributed by atoms with E-state index in [1.165, 1.54) is 0 Å². The zero-order valence-corrected chi connectivity index (χ0v) is 15.5. The molecule has 25 heavy (non-hydrogen) atoms. The van der Waals surface area contributed by atoms with Crippen molar-refractivity contribution in [3.05, 3.63) is 36.3 Å². The number of anilines is 3. The Kier molecular flexibility index (Phi) is 4.16. The van der Waals surface area contributed by atoms with E-state index in [-0.39, 0.29) is 5.03 Å². The molecule has 2 aromatic heterocycles. The summed E-state index contributed by atoms with van der Waals surface area (Å²) < 4.78 is 25.4. The van der Waals surface area contributed by atoms with Gasteiger partial charge in [0.05, 0.1) is 29.4 Å². The summed E-state index contributed by atoms with van der Waals surface area (Å²) in [4.78, 5) is 10.4. The van der Waals surface area contributed by atoms with Crippen LogP contribution in [-0.4, -0.2) is 36.3 Å². The van der Waals surface area contributed by atoms with Gasteiger partial charge in [0, 0.05) is 26.0 Å². The second-order valence-corrected chi connectivity index (χ2v) is 8.06. The van der Waals surface area contributed by atoms with Crippen molar-refractivity contribution in [2.24, 2.45) is 7.05 Å². The molecule has 132 valence electrons. The Morgan fingerprint density at radius 1 is 1.24 bits per heavy atom. The highest BCUT2D eigenvalue weighted by Crippen LogP contribution is 2.32. The smallest absolute Gasteiger partial charge is 0.192 e. The minimum Gasteiger partial charge on any atom is -0.397 e. The predicted octanol–water partition coefficient (Wildman–Crippen LogP) is 2.28. The van der Waals surface area contributed by atoms with E-state index in [2.05, 4.69) is 9.97 Å². The van der Waals surface area contributed by atoms with E-state index in [0.29, 0.717) is 12.1 Å². The third kappa shape index (κ3) is 3.05. The molecule has 3 aromatic rings. The first-order valence-electron chi connectivity index (χ1n) is 7.85. The largest absolute Gasteiger partial charge is 0.397 e. The Morgan fingerprint density at radius 2 is 1.96 bits per heavy atom. The van der Waals surface area contributed by atoms with Crippen LogP contribution in [0.25, 0.3) is 11.0 Å². The summed E-state index contributed by atoms with van der Waals surface area (Å²) in [5.41, 5.74) is 11.1. The van der Waals surface area contributed by atoms with Gasteiger partial charge in [0.2, 0.25) is 0 Å². The van der Waals surface area contributed by atoms with Gasteiger partial charge in [-0.05, 0) is 30.2 Å². The number of rotatable bonds is 4. The number of fused-ring (bicyclic) bond motifs is 1. The Morgan fingerprint density at radius 3 is 2.60 bits per heavy atom. The van der Waals surface area contributed by atoms with Gasteiger partial charge in [0.1, 0.15) is 5.52 Å². The maximum absolute atomic E-state index is 11.7. The molecule has 0 amide bonds. The van der Waals surface area contributed by atoms with Crippen LogP contribution < -0.4 is 10.6 Å². The molecule has 0 aliphatic heterocycles. The van der Waals surface area contributed by atoms with Gasteiger partial charge < -0.3 is 15.2 Å². The van der Waals surface area contributed by atoms with Crippen LogP contribution in [0, 0.1) is 0 Å². The maximum Gasteiger partial charge on any atom is 0.192 e. The van der Waals surface area contributed by atoms with Crippen LogP contribution in [0.3, 0.4) is 0 Å². The van der Waals surface area contributed by atoms with Crippen molar-refractivity contribution in [1.29, 1.82) is 0 Å². The molecule has 0 saturated heterocycles. The fraction of sp³-hybridized carbons (Fsp3) is 0.294. The van der Waals surface area contributed by atoms with Gasteiger partial charge in [-0.2, -0.15) is 0 Å². The summed E-state index contributed by atoms with van der Waals surface area (Å²) >= 11 is 0. The van der Waals surface area contributed by atoms with Crippen LogP contribution in [0.1, 0.15) is 12.5 Å². The normalized spacial score (nSPS) is 11.8. The molecule has 0 fully saturated rings. The van der Waals surface area contributed by atoms with E-state index in [1.54, 1.807) is 18.6 Å². The third-order valence-electron chi connectivity index (χ3n) is 4.29. The Balaban J connectivity index is 2.12. The molecule has 2 N–H and O–H groups in total. The van der Waals surface area contributed by atoms with Crippen molar-refractivity contribution in [3.8, 4) is 0 Å². The van der Waals surface area contributed by atoms with Gasteiger partial charge in [-0.25, -0.2) is 18.4 Å². The van der Waals surface area contributed by atoms with Crippen molar-refractivity contribution in [1.82, 2.24) is 14.5 Å². The molecule has 0 spiro atoms. The first-order valence-corrected chi connectivity index (χ1v) is 9.74. The number of benzene rings is 1. The number of nitrogens with zero attached hydrogens (tertiary/aromatic N) is 4. The molecule has 8 heteroatoms. The van der Waals surface area contributed by atoms with Crippen molar-refractivity contribution >= 4 is 37.9 Å². The Labute approximate surface area is 147 Å². The number of imidazole rings is 1. The van der Waals surface area contributed by atoms with E-state index in [0.717, 1.165) is 34.2 Å². The molecular formula is C17H21N5O2S. The van der Waals surface area contributed by atoms with Crippen LogP contribution in [-0.2, 0) is 23.3 Å². The Hall–Kier alpha value is -2.61. The molecular weight excluding hydrogens is 338 g/mol. The van der Waals surface area contributed by atoms with Crippen LogP contribution >= 0.6 is 0 Å². The highest BCUT2D eigenvalue weighted by atomic mass is 32.2. The second kappa shape index (κ2) is 6.03. The Bertz CT molecular complexity index is 1060. The standard InChI is InChI=1S/C17H21N5O2S/c1-5-11-6-16(25(4,23)24)19-9-15(11)22(3)12-7-13(18)17-14(8-12)21(2)10-20-17/h6-10H,5,18H2,1-4H3. The summed E-state index contributed by atoms with van der Waals surface area (Å²) in [5.74, 6) is 0. The monoisotopic (exact) mass is 359 g/mol. The number of sulfone groups is 1. The number of nitrogen functional groups attached to an aromatic ring is 1. The summed E-state index contributed by atoms with van der Waals surface area (Å²) in [5, 5.41) is 0.0862. The third-order valence-corrected chi connectivity index (χ3v) is 5.28. The molecule has 3 rings (SSSR count). The van der Waals surface area contributed by atoms with E-state index in [4.69, 9.17) is 5.73 Å². The predicted molar refractivity (Wildman–Crippen MR) is 99.9 cm³/mol. The van der Waals surface area contributed by atoms with E-state index >= 15 is 0 Å². The molecule has 0 bridgehead atoms. The number of aryl methyl sites for hydroxylation is 2. The molecule has 0 atom stereocenters. The molecule has 2 heterocycles. The SMILES string of the molecule is CCc1cc(S(C)(=O)=O)ncc1N(C)c1cc(N)c2ncn(C)c2c1. The lowest BCUT2D eigenvalue weighted by Gasteiger charge is -2.23. The first-order chi connectivity index (χ1) is 11.7. The molecule has 0 unspecified atom stereocenters. The van der Waals surface area contributed by atoms with E-state index in [1.807, 2.05) is 42.6 Å².